The SMILES string of the molecule is CC(C)(C)C(=O)C(N=N)C(=O)OCc1ccccc1. The molecule has 1 unspecified atom stereocenters. The lowest BCUT2D eigenvalue weighted by Crippen LogP contribution is -2.37. The average Bonchev–Trinajstić information content (AvgIpc) is 2.37. The van der Waals surface area contributed by atoms with Crippen LogP contribution in [0, 0.1) is 10.9 Å². The maximum absolute atomic E-state index is 11.9. The van der Waals surface area contributed by atoms with Crippen LogP contribution in [0.1, 0.15) is 26.3 Å². The molecule has 1 aromatic carbocycles. The maximum Gasteiger partial charge on any atom is 0.340 e. The van der Waals surface area contributed by atoms with Gasteiger partial charge in [0, 0.05) is 5.41 Å². The first kappa shape index (κ1) is 15.0. The molecule has 19 heavy (non-hydrogen) atoms. The van der Waals surface area contributed by atoms with Crippen molar-refractivity contribution in [3.8, 4) is 0 Å². The van der Waals surface area contributed by atoms with Crippen LogP contribution in [0.4, 0.5) is 0 Å². The fourth-order valence-electron chi connectivity index (χ4n) is 1.44. The third kappa shape index (κ3) is 4.28. The van der Waals surface area contributed by atoms with Crippen molar-refractivity contribution in [2.24, 2.45) is 10.5 Å². The predicted molar refractivity (Wildman–Crippen MR) is 69.6 cm³/mol. The van der Waals surface area contributed by atoms with Crippen LogP contribution in [0.15, 0.2) is 35.4 Å². The van der Waals surface area contributed by atoms with Gasteiger partial charge in [-0.05, 0) is 5.56 Å². The number of rotatable bonds is 5. The number of carbonyl (C=O) groups excluding carboxylic acids is 2. The Morgan fingerprint density at radius 3 is 2.32 bits per heavy atom. The van der Waals surface area contributed by atoms with Gasteiger partial charge in [-0.15, -0.1) is 0 Å². The molecule has 0 saturated carbocycles. The first-order chi connectivity index (χ1) is 8.86. The summed E-state index contributed by atoms with van der Waals surface area (Å²) in [6.45, 7) is 5.11. The summed E-state index contributed by atoms with van der Waals surface area (Å²) < 4.78 is 5.02. The van der Waals surface area contributed by atoms with Gasteiger partial charge in [0.1, 0.15) is 6.61 Å². The number of nitrogens with zero attached hydrogens (tertiary/aromatic N) is 1. The van der Waals surface area contributed by atoms with Gasteiger partial charge in [0.25, 0.3) is 0 Å². The van der Waals surface area contributed by atoms with Crippen LogP contribution in [0.25, 0.3) is 0 Å². The minimum absolute atomic E-state index is 0.0725. The van der Waals surface area contributed by atoms with Crippen LogP contribution in [-0.4, -0.2) is 17.8 Å². The summed E-state index contributed by atoms with van der Waals surface area (Å²) in [7, 11) is 0. The van der Waals surface area contributed by atoms with Gasteiger partial charge in [0.15, 0.2) is 5.78 Å². The molecule has 0 heterocycles. The first-order valence-electron chi connectivity index (χ1n) is 5.97. The Morgan fingerprint density at radius 2 is 1.84 bits per heavy atom. The number of Topliss-reactive ketones (excluding diaryl/α,β-unsaturated/α-hetero) is 1. The highest BCUT2D eigenvalue weighted by molar-refractivity contribution is 6.05. The first-order valence-corrected chi connectivity index (χ1v) is 5.97. The van der Waals surface area contributed by atoms with Crippen molar-refractivity contribution in [2.45, 2.75) is 33.4 Å². The molecule has 0 spiro atoms. The molecular weight excluding hydrogens is 244 g/mol. The van der Waals surface area contributed by atoms with Crippen molar-refractivity contribution >= 4 is 11.8 Å². The molecule has 0 amide bonds. The third-order valence-corrected chi connectivity index (χ3v) is 2.56. The van der Waals surface area contributed by atoms with Gasteiger partial charge in [-0.25, -0.2) is 10.3 Å². The summed E-state index contributed by atoms with van der Waals surface area (Å²) in [5.41, 5.74) is 7.07. The second kappa shape index (κ2) is 6.22. The number of benzene rings is 1. The van der Waals surface area contributed by atoms with E-state index in [-0.39, 0.29) is 6.61 Å². The second-order valence-electron chi connectivity index (χ2n) is 5.24. The zero-order chi connectivity index (χ0) is 14.5. The minimum atomic E-state index is -1.37. The Kier molecular flexibility index (Phi) is 4.92. The van der Waals surface area contributed by atoms with Gasteiger partial charge in [0.2, 0.25) is 6.04 Å². The monoisotopic (exact) mass is 262 g/mol. The largest absolute Gasteiger partial charge is 0.459 e. The standard InChI is InChI=1S/C14H18N2O3/c1-14(2,3)12(17)11(16-15)13(18)19-9-10-7-5-4-6-8-10/h4-8,11,15H,9H2,1-3H3. The molecule has 0 saturated heterocycles. The summed E-state index contributed by atoms with van der Waals surface area (Å²) in [5, 5.41) is 3.09. The highest BCUT2D eigenvalue weighted by Crippen LogP contribution is 2.19. The topological polar surface area (TPSA) is 79.6 Å². The highest BCUT2D eigenvalue weighted by Gasteiger charge is 2.35. The van der Waals surface area contributed by atoms with Crippen LogP contribution >= 0.6 is 0 Å². The normalized spacial score (nSPS) is 12.6. The van der Waals surface area contributed by atoms with E-state index in [0.29, 0.717) is 0 Å². The number of carbonyl (C=O) groups is 2. The number of ketones is 1. The molecular formula is C14H18N2O3. The molecule has 0 bridgehead atoms. The molecule has 102 valence electrons. The minimum Gasteiger partial charge on any atom is -0.459 e. The molecule has 5 heteroatoms. The van der Waals surface area contributed by atoms with E-state index in [1.807, 2.05) is 30.3 Å². The van der Waals surface area contributed by atoms with Crippen molar-refractivity contribution in [3.05, 3.63) is 35.9 Å². The number of hydrogen-bond acceptors (Lipinski definition) is 5. The summed E-state index contributed by atoms with van der Waals surface area (Å²) in [5.74, 6) is -1.20. The fourth-order valence-corrected chi connectivity index (χ4v) is 1.44. The van der Waals surface area contributed by atoms with Crippen molar-refractivity contribution in [3.63, 3.8) is 0 Å². The van der Waals surface area contributed by atoms with Crippen LogP contribution < -0.4 is 0 Å². The number of hydrogen-bond donors (Lipinski definition) is 1. The van der Waals surface area contributed by atoms with Gasteiger partial charge in [0.05, 0.1) is 0 Å². The second-order valence-corrected chi connectivity index (χ2v) is 5.24. The molecule has 5 nitrogen and oxygen atoms in total. The lowest BCUT2D eigenvalue weighted by atomic mass is 9.87. The molecule has 0 aliphatic carbocycles. The van der Waals surface area contributed by atoms with Crippen molar-refractivity contribution < 1.29 is 14.3 Å². The van der Waals surface area contributed by atoms with E-state index in [2.05, 4.69) is 5.11 Å². The van der Waals surface area contributed by atoms with Crippen molar-refractivity contribution in [1.29, 1.82) is 5.53 Å². The van der Waals surface area contributed by atoms with E-state index in [1.54, 1.807) is 20.8 Å². The van der Waals surface area contributed by atoms with Crippen molar-refractivity contribution in [1.82, 2.24) is 0 Å². The molecule has 0 radical (unpaired) electrons. The highest BCUT2D eigenvalue weighted by atomic mass is 16.5. The van der Waals surface area contributed by atoms with Crippen molar-refractivity contribution in [2.75, 3.05) is 0 Å². The summed E-state index contributed by atoms with van der Waals surface area (Å²) in [4.78, 5) is 23.7. The zero-order valence-corrected chi connectivity index (χ0v) is 11.3. The lowest BCUT2D eigenvalue weighted by molar-refractivity contribution is -0.151. The Hall–Kier alpha value is -2.04. The van der Waals surface area contributed by atoms with E-state index in [9.17, 15) is 9.59 Å². The Morgan fingerprint density at radius 1 is 1.26 bits per heavy atom. The quantitative estimate of drug-likeness (QED) is 0.503. The van der Waals surface area contributed by atoms with Gasteiger partial charge in [-0.2, -0.15) is 5.11 Å². The van der Waals surface area contributed by atoms with E-state index >= 15 is 0 Å². The molecule has 1 rings (SSSR count). The Bertz CT molecular complexity index is 463. The van der Waals surface area contributed by atoms with Crippen LogP contribution in [-0.2, 0) is 20.9 Å². The number of ether oxygens (including phenoxy) is 1. The maximum atomic E-state index is 11.9. The van der Waals surface area contributed by atoms with E-state index < -0.39 is 23.2 Å². The lowest BCUT2D eigenvalue weighted by Gasteiger charge is -2.19. The molecule has 0 aliphatic rings. The zero-order valence-electron chi connectivity index (χ0n) is 11.3. The fraction of sp³-hybridized carbons (Fsp3) is 0.429. The number of esters is 1. The Balaban J connectivity index is 2.65. The molecule has 0 aliphatic heterocycles. The molecule has 1 aromatic rings. The predicted octanol–water partition coefficient (Wildman–Crippen LogP) is 2.74. The van der Waals surface area contributed by atoms with E-state index in [1.165, 1.54) is 0 Å². The van der Waals surface area contributed by atoms with Crippen LogP contribution in [0.5, 0.6) is 0 Å². The average molecular weight is 262 g/mol. The van der Waals surface area contributed by atoms with E-state index in [0.717, 1.165) is 5.56 Å². The molecule has 1 N–H and O–H groups in total. The summed E-state index contributed by atoms with van der Waals surface area (Å²) in [6, 6.07) is 7.77. The molecule has 0 aromatic heterocycles. The smallest absolute Gasteiger partial charge is 0.340 e. The number of nitrogens with one attached hydrogen (secondary N) is 1. The molecule has 0 fully saturated rings. The van der Waals surface area contributed by atoms with Gasteiger partial charge in [-0.3, -0.25) is 4.79 Å². The van der Waals surface area contributed by atoms with Crippen LogP contribution in [0.3, 0.4) is 0 Å². The van der Waals surface area contributed by atoms with Gasteiger partial charge < -0.3 is 4.74 Å². The summed E-state index contributed by atoms with van der Waals surface area (Å²) >= 11 is 0. The van der Waals surface area contributed by atoms with E-state index in [4.69, 9.17) is 10.3 Å². The molecule has 1 atom stereocenters. The van der Waals surface area contributed by atoms with Gasteiger partial charge in [-0.1, -0.05) is 51.1 Å². The van der Waals surface area contributed by atoms with Gasteiger partial charge >= 0.3 is 5.97 Å². The van der Waals surface area contributed by atoms with Crippen LogP contribution in [0.2, 0.25) is 0 Å². The summed E-state index contributed by atoms with van der Waals surface area (Å²) in [6.07, 6.45) is 0. The third-order valence-electron chi connectivity index (χ3n) is 2.56. The Labute approximate surface area is 112 Å².